The molecule has 0 rings (SSSR count). The van der Waals surface area contributed by atoms with Crippen molar-refractivity contribution < 1.29 is 34.7 Å². The van der Waals surface area contributed by atoms with Gasteiger partial charge in [0.1, 0.15) is 0 Å². The van der Waals surface area contributed by atoms with E-state index in [-0.39, 0.29) is 12.8 Å². The van der Waals surface area contributed by atoms with Gasteiger partial charge in [-0.15, -0.1) is 0 Å². The minimum atomic E-state index is -5.09. The van der Waals surface area contributed by atoms with Crippen LogP contribution in [-0.2, 0) is 15.3 Å². The first-order valence-electron chi connectivity index (χ1n) is 5.91. The summed E-state index contributed by atoms with van der Waals surface area (Å²) in [4.78, 5) is 0. The number of halogens is 6. The summed E-state index contributed by atoms with van der Waals surface area (Å²) in [6.07, 6.45) is -0.651. The normalized spacial score (nSPS) is 17.8. The third-order valence-electron chi connectivity index (χ3n) is 2.25. The Hall–Kier alpha value is 0.0400. The topological polar surface area (TPSA) is 26.3 Å². The van der Waals surface area contributed by atoms with Crippen LogP contribution >= 0.6 is 11.8 Å². The summed E-state index contributed by atoms with van der Waals surface area (Å²) in [5.74, 6) is 0. The van der Waals surface area contributed by atoms with Crippen molar-refractivity contribution in [2.45, 2.75) is 61.9 Å². The van der Waals surface area contributed by atoms with Gasteiger partial charge in [0.15, 0.2) is 0 Å². The maximum Gasteiger partial charge on any atom is 0.497 e. The SMILES string of the molecule is CCC[C@H](OS(=O)C(F)(F)F)[C@@H](CCC)SC(F)(F)F. The van der Waals surface area contributed by atoms with Crippen LogP contribution in [0.2, 0.25) is 0 Å². The van der Waals surface area contributed by atoms with Crippen LogP contribution in [-0.4, -0.2) is 26.6 Å². The van der Waals surface area contributed by atoms with Crippen LogP contribution in [0, 0.1) is 0 Å². The van der Waals surface area contributed by atoms with Crippen molar-refractivity contribution in [3.8, 4) is 0 Å². The van der Waals surface area contributed by atoms with Crippen LogP contribution in [0.25, 0.3) is 0 Å². The van der Waals surface area contributed by atoms with Gasteiger partial charge in [-0.2, -0.15) is 26.3 Å². The summed E-state index contributed by atoms with van der Waals surface area (Å²) in [5, 5.41) is -1.20. The minimum absolute atomic E-state index is 0.0183. The van der Waals surface area contributed by atoms with Crippen molar-refractivity contribution >= 4 is 22.8 Å². The fraction of sp³-hybridized carbons (Fsp3) is 1.00. The van der Waals surface area contributed by atoms with Crippen molar-refractivity contribution in [2.24, 2.45) is 0 Å². The molecule has 0 saturated carbocycles. The van der Waals surface area contributed by atoms with Gasteiger partial charge in [0.25, 0.3) is 11.1 Å². The molecule has 0 aromatic carbocycles. The number of hydrogen-bond donors (Lipinski definition) is 0. The van der Waals surface area contributed by atoms with E-state index >= 15 is 0 Å². The highest BCUT2D eigenvalue weighted by Crippen LogP contribution is 2.39. The Balaban J connectivity index is 4.93. The molecule has 1 unspecified atom stereocenters. The monoisotopic (exact) mass is 346 g/mol. The second-order valence-electron chi connectivity index (χ2n) is 3.99. The number of rotatable bonds is 8. The van der Waals surface area contributed by atoms with Crippen LogP contribution in [0.5, 0.6) is 0 Å². The Labute approximate surface area is 120 Å². The standard InChI is InChI=1S/C10H16F6O2S2/c1-3-5-7(18-20(17)10(14,15)16)8(6-4-2)19-9(11,12)13/h7-8H,3-6H2,1-2H3/t7-,8+,20?/m0/s1. The zero-order valence-electron chi connectivity index (χ0n) is 10.9. The van der Waals surface area contributed by atoms with Crippen LogP contribution in [0.4, 0.5) is 26.3 Å². The highest BCUT2D eigenvalue weighted by atomic mass is 32.2. The average molecular weight is 346 g/mol. The molecule has 0 amide bonds. The summed E-state index contributed by atoms with van der Waals surface area (Å²) < 4.78 is 89.0. The highest BCUT2D eigenvalue weighted by molar-refractivity contribution is 8.00. The second kappa shape index (κ2) is 8.47. The van der Waals surface area contributed by atoms with Gasteiger partial charge in [-0.3, -0.25) is 4.18 Å². The van der Waals surface area contributed by atoms with E-state index in [1.165, 1.54) is 0 Å². The molecule has 0 bridgehead atoms. The Morgan fingerprint density at radius 3 is 1.90 bits per heavy atom. The maximum atomic E-state index is 12.4. The molecule has 0 N–H and O–H groups in total. The highest BCUT2D eigenvalue weighted by Gasteiger charge is 2.43. The molecular formula is C10H16F6O2S2. The van der Waals surface area contributed by atoms with Crippen molar-refractivity contribution in [3.05, 3.63) is 0 Å². The van der Waals surface area contributed by atoms with Crippen LogP contribution in [0.15, 0.2) is 0 Å². The summed E-state index contributed by atoms with van der Waals surface area (Å²) in [7, 11) is 0. The van der Waals surface area contributed by atoms with Gasteiger partial charge in [-0.25, -0.2) is 4.21 Å². The van der Waals surface area contributed by atoms with E-state index in [9.17, 15) is 30.6 Å². The molecule has 0 aromatic rings. The Morgan fingerprint density at radius 2 is 1.55 bits per heavy atom. The Bertz CT molecular complexity index is 305. The molecule has 0 aliphatic rings. The maximum absolute atomic E-state index is 12.4. The first kappa shape index (κ1) is 20.0. The number of alkyl halides is 6. The zero-order valence-corrected chi connectivity index (χ0v) is 12.5. The van der Waals surface area contributed by atoms with Gasteiger partial charge in [0, 0.05) is 5.25 Å². The van der Waals surface area contributed by atoms with Gasteiger partial charge in [-0.05, 0) is 24.6 Å². The first-order valence-corrected chi connectivity index (χ1v) is 7.87. The molecule has 122 valence electrons. The summed E-state index contributed by atoms with van der Waals surface area (Å²) in [6, 6.07) is 0. The summed E-state index contributed by atoms with van der Waals surface area (Å²) >= 11 is -4.00. The molecule has 3 atom stereocenters. The third-order valence-corrected chi connectivity index (χ3v) is 4.16. The molecule has 0 spiro atoms. The van der Waals surface area contributed by atoms with Gasteiger partial charge < -0.3 is 0 Å². The van der Waals surface area contributed by atoms with Crippen LogP contribution < -0.4 is 0 Å². The average Bonchev–Trinajstić information content (AvgIpc) is 2.24. The van der Waals surface area contributed by atoms with E-state index in [4.69, 9.17) is 0 Å². The van der Waals surface area contributed by atoms with E-state index in [1.54, 1.807) is 13.8 Å². The van der Waals surface area contributed by atoms with Crippen LogP contribution in [0.1, 0.15) is 39.5 Å². The molecule has 20 heavy (non-hydrogen) atoms. The lowest BCUT2D eigenvalue weighted by atomic mass is 10.1. The van der Waals surface area contributed by atoms with Gasteiger partial charge >= 0.3 is 11.0 Å². The van der Waals surface area contributed by atoms with Gasteiger partial charge in [0.2, 0.25) is 0 Å². The third kappa shape index (κ3) is 8.35. The molecule has 2 nitrogen and oxygen atoms in total. The molecule has 0 heterocycles. The van der Waals surface area contributed by atoms with E-state index in [2.05, 4.69) is 4.18 Å². The van der Waals surface area contributed by atoms with Crippen molar-refractivity contribution in [3.63, 3.8) is 0 Å². The number of thioether (sulfide) groups is 1. The lowest BCUT2D eigenvalue weighted by molar-refractivity contribution is -0.0505. The lowest BCUT2D eigenvalue weighted by Crippen LogP contribution is -2.33. The predicted octanol–water partition coefficient (Wildman–Crippen LogP) is 4.78. The first-order chi connectivity index (χ1) is 9.01. The van der Waals surface area contributed by atoms with Gasteiger partial charge in [0.05, 0.1) is 6.10 Å². The van der Waals surface area contributed by atoms with Crippen LogP contribution in [0.3, 0.4) is 0 Å². The summed E-state index contributed by atoms with van der Waals surface area (Å²) in [5.41, 5.74) is -9.67. The molecule has 10 heteroatoms. The lowest BCUT2D eigenvalue weighted by Gasteiger charge is -2.26. The number of hydrogen-bond acceptors (Lipinski definition) is 3. The predicted molar refractivity (Wildman–Crippen MR) is 66.3 cm³/mol. The Morgan fingerprint density at radius 1 is 1.05 bits per heavy atom. The van der Waals surface area contributed by atoms with Crippen molar-refractivity contribution in [2.75, 3.05) is 0 Å². The molecule has 0 aliphatic carbocycles. The van der Waals surface area contributed by atoms with Gasteiger partial charge in [-0.1, -0.05) is 26.7 Å². The quantitative estimate of drug-likeness (QED) is 0.592. The molecule has 0 radical (unpaired) electrons. The fourth-order valence-electron chi connectivity index (χ4n) is 1.52. The smallest absolute Gasteiger partial charge is 0.279 e. The van der Waals surface area contributed by atoms with E-state index in [0.29, 0.717) is 12.8 Å². The second-order valence-corrected chi connectivity index (χ2v) is 6.42. The van der Waals surface area contributed by atoms with E-state index in [0.717, 1.165) is 0 Å². The zero-order chi connectivity index (χ0) is 16.0. The Kier molecular flexibility index (Phi) is 8.49. The summed E-state index contributed by atoms with van der Waals surface area (Å²) in [6.45, 7) is 3.22. The van der Waals surface area contributed by atoms with Crippen molar-refractivity contribution in [1.29, 1.82) is 0 Å². The largest absolute Gasteiger partial charge is 0.497 e. The minimum Gasteiger partial charge on any atom is -0.279 e. The molecule has 0 aliphatic heterocycles. The van der Waals surface area contributed by atoms with E-state index < -0.39 is 45.2 Å². The fourth-order valence-corrected chi connectivity index (χ4v) is 3.20. The molecule has 0 fully saturated rings. The molecule has 0 saturated heterocycles. The van der Waals surface area contributed by atoms with E-state index in [1.807, 2.05) is 0 Å². The molecular weight excluding hydrogens is 330 g/mol. The molecule has 0 aromatic heterocycles. The van der Waals surface area contributed by atoms with Crippen molar-refractivity contribution in [1.82, 2.24) is 0 Å².